The number of aliphatic hydroxyl groups is 1. The van der Waals surface area contributed by atoms with Gasteiger partial charge in [0.2, 0.25) is 5.78 Å². The third-order valence-corrected chi connectivity index (χ3v) is 7.06. The number of hydrogen-bond donors (Lipinski definition) is 1. The second-order valence-electron chi connectivity index (χ2n) is 8.55. The number of rotatable bonds is 10. The lowest BCUT2D eigenvalue weighted by molar-refractivity contribution is -0.130. The van der Waals surface area contributed by atoms with Gasteiger partial charge in [-0.3, -0.25) is 14.6 Å². The number of ketones is 1. The molecule has 0 spiro atoms. The molecule has 1 aliphatic heterocycles. The van der Waals surface area contributed by atoms with E-state index in [2.05, 4.69) is 16.9 Å². The number of unbranched alkanes of at least 4 members (excludes halogenated alkanes) is 1. The molecule has 0 radical (unpaired) electrons. The van der Waals surface area contributed by atoms with Crippen molar-refractivity contribution in [2.24, 2.45) is 0 Å². The Morgan fingerprint density at radius 1 is 1.22 bits per heavy atom. The number of nitrogens with zero attached hydrogens (tertiary/aromatic N) is 3. The minimum atomic E-state index is -0.828. The molecule has 36 heavy (non-hydrogen) atoms. The van der Waals surface area contributed by atoms with Crippen molar-refractivity contribution in [2.45, 2.75) is 46.2 Å². The lowest BCUT2D eigenvalue weighted by Crippen LogP contribution is -2.30. The number of methoxy groups -OCH3 is 1. The van der Waals surface area contributed by atoms with Crippen molar-refractivity contribution in [3.8, 4) is 11.5 Å². The van der Waals surface area contributed by atoms with Crippen LogP contribution in [-0.2, 0) is 11.3 Å². The van der Waals surface area contributed by atoms with Crippen LogP contribution in [0.5, 0.6) is 11.5 Å². The van der Waals surface area contributed by atoms with Crippen molar-refractivity contribution in [1.82, 2.24) is 14.9 Å². The predicted molar refractivity (Wildman–Crippen MR) is 136 cm³/mol. The van der Waals surface area contributed by atoms with Crippen molar-refractivity contribution in [2.75, 3.05) is 13.7 Å². The number of carbonyl (C=O) groups excluding carboxylic acids is 2. The molecule has 4 rings (SSSR count). The number of aliphatic hydroxyl groups excluding tert-OH is 1. The lowest BCUT2D eigenvalue weighted by atomic mass is 9.94. The predicted octanol–water partition coefficient (Wildman–Crippen LogP) is 5.12. The van der Waals surface area contributed by atoms with Gasteiger partial charge in [-0.2, -0.15) is 0 Å². The summed E-state index contributed by atoms with van der Waals surface area (Å²) in [5.41, 5.74) is 1.99. The van der Waals surface area contributed by atoms with Crippen molar-refractivity contribution in [1.29, 1.82) is 0 Å². The number of aromatic nitrogens is 2. The van der Waals surface area contributed by atoms with E-state index in [1.165, 1.54) is 16.2 Å². The monoisotopic (exact) mass is 507 g/mol. The fourth-order valence-corrected chi connectivity index (χ4v) is 5.12. The molecule has 1 unspecified atom stereocenters. The summed E-state index contributed by atoms with van der Waals surface area (Å²) in [6, 6.07) is 8.12. The Bertz CT molecular complexity index is 1300. The molecule has 0 saturated heterocycles. The first kappa shape index (κ1) is 25.4. The van der Waals surface area contributed by atoms with E-state index in [4.69, 9.17) is 9.47 Å². The van der Waals surface area contributed by atoms with Crippen LogP contribution in [0.25, 0.3) is 0 Å². The Morgan fingerprint density at radius 3 is 2.67 bits per heavy atom. The summed E-state index contributed by atoms with van der Waals surface area (Å²) in [6.07, 6.45) is 5.21. The van der Waals surface area contributed by atoms with Crippen molar-refractivity contribution < 1.29 is 24.2 Å². The van der Waals surface area contributed by atoms with Gasteiger partial charge in [0.05, 0.1) is 40.9 Å². The van der Waals surface area contributed by atoms with Crippen molar-refractivity contribution in [3.05, 3.63) is 80.8 Å². The van der Waals surface area contributed by atoms with E-state index in [0.29, 0.717) is 34.2 Å². The zero-order chi connectivity index (χ0) is 25.8. The number of thiazole rings is 1. The summed E-state index contributed by atoms with van der Waals surface area (Å²) in [7, 11) is 1.54. The number of pyridine rings is 1. The van der Waals surface area contributed by atoms with E-state index in [1.54, 1.807) is 50.7 Å². The average Bonchev–Trinajstić information content (AvgIpc) is 3.35. The van der Waals surface area contributed by atoms with Gasteiger partial charge in [0.1, 0.15) is 0 Å². The van der Waals surface area contributed by atoms with Crippen molar-refractivity contribution >= 4 is 23.0 Å². The first-order chi connectivity index (χ1) is 17.3. The summed E-state index contributed by atoms with van der Waals surface area (Å²) in [4.78, 5) is 37.4. The molecule has 1 N–H and O–H groups in total. The van der Waals surface area contributed by atoms with Crippen LogP contribution < -0.4 is 9.47 Å². The Kier molecular flexibility index (Phi) is 7.69. The molecule has 0 bridgehead atoms. The van der Waals surface area contributed by atoms with Gasteiger partial charge in [0.25, 0.3) is 5.91 Å². The zero-order valence-electron chi connectivity index (χ0n) is 20.8. The fraction of sp³-hybridized carbons (Fsp3) is 0.333. The molecule has 188 valence electrons. The van der Waals surface area contributed by atoms with Gasteiger partial charge < -0.3 is 19.5 Å². The molecule has 1 atom stereocenters. The van der Waals surface area contributed by atoms with Gasteiger partial charge in [-0.1, -0.05) is 25.5 Å². The Hall–Kier alpha value is -3.72. The number of Topliss-reactive ketones (excluding diaryl/α,β-unsaturated/α-hetero) is 1. The van der Waals surface area contributed by atoms with Gasteiger partial charge in [0.15, 0.2) is 17.3 Å². The van der Waals surface area contributed by atoms with Gasteiger partial charge in [-0.05, 0) is 49.6 Å². The Balaban J connectivity index is 1.79. The standard InChI is InChI=1S/C27H29N3O5S/c1-5-6-12-35-20-10-9-19(13-21(20)34-4)23-22(24(31)26-16(2)29-17(3)36-26)25(32)27(33)30(23)15-18-8-7-11-28-14-18/h7-11,13-14,23,32H,5-6,12,15H2,1-4H3. The molecule has 1 aromatic carbocycles. The van der Waals surface area contributed by atoms with E-state index in [1.807, 2.05) is 13.0 Å². The number of amides is 1. The number of aryl methyl sites for hydroxylation is 2. The molecule has 3 aromatic rings. The highest BCUT2D eigenvalue weighted by molar-refractivity contribution is 7.14. The second-order valence-corrected chi connectivity index (χ2v) is 9.75. The number of carbonyl (C=O) groups is 2. The largest absolute Gasteiger partial charge is 0.503 e. The summed E-state index contributed by atoms with van der Waals surface area (Å²) < 4.78 is 11.4. The van der Waals surface area contributed by atoms with Gasteiger partial charge in [0, 0.05) is 18.9 Å². The van der Waals surface area contributed by atoms with Crippen LogP contribution in [0.1, 0.15) is 57.3 Å². The smallest absolute Gasteiger partial charge is 0.290 e. The quantitative estimate of drug-likeness (QED) is 0.300. The zero-order valence-corrected chi connectivity index (χ0v) is 21.6. The Morgan fingerprint density at radius 2 is 2.03 bits per heavy atom. The fourth-order valence-electron chi connectivity index (χ4n) is 4.25. The normalized spacial score (nSPS) is 15.5. The van der Waals surface area contributed by atoms with Gasteiger partial charge in [-0.15, -0.1) is 11.3 Å². The van der Waals surface area contributed by atoms with Crippen molar-refractivity contribution in [3.63, 3.8) is 0 Å². The molecule has 8 nitrogen and oxygen atoms in total. The molecule has 1 amide bonds. The molecule has 1 aliphatic rings. The average molecular weight is 508 g/mol. The number of ether oxygens (including phenoxy) is 2. The van der Waals surface area contributed by atoms with Crippen LogP contribution in [0, 0.1) is 13.8 Å². The third kappa shape index (κ3) is 4.97. The maximum atomic E-state index is 13.7. The molecular formula is C27H29N3O5S. The van der Waals surface area contributed by atoms with Crippen LogP contribution in [0.2, 0.25) is 0 Å². The SMILES string of the molecule is CCCCOc1ccc(C2C(C(=O)c3sc(C)nc3C)=C(O)C(=O)N2Cc2cccnc2)cc1OC. The lowest BCUT2D eigenvalue weighted by Gasteiger charge is -2.27. The van der Waals surface area contributed by atoms with E-state index >= 15 is 0 Å². The third-order valence-electron chi connectivity index (χ3n) is 5.99. The molecule has 2 aromatic heterocycles. The number of benzene rings is 1. The summed E-state index contributed by atoms with van der Waals surface area (Å²) >= 11 is 1.25. The Labute approximate surface area is 214 Å². The van der Waals surface area contributed by atoms with Gasteiger partial charge >= 0.3 is 0 Å². The topological polar surface area (TPSA) is 102 Å². The maximum Gasteiger partial charge on any atom is 0.290 e. The van der Waals surface area contributed by atoms with Crippen LogP contribution in [0.4, 0.5) is 0 Å². The first-order valence-corrected chi connectivity index (χ1v) is 12.6. The molecule has 3 heterocycles. The highest BCUT2D eigenvalue weighted by atomic mass is 32.1. The summed E-state index contributed by atoms with van der Waals surface area (Å²) in [5.74, 6) is -0.520. The van der Waals surface area contributed by atoms with E-state index in [-0.39, 0.29) is 12.1 Å². The second kappa shape index (κ2) is 10.9. The molecule has 0 saturated carbocycles. The molecule has 0 fully saturated rings. The minimum Gasteiger partial charge on any atom is -0.503 e. The highest BCUT2D eigenvalue weighted by Gasteiger charge is 2.44. The van der Waals surface area contributed by atoms with Crippen LogP contribution in [0.3, 0.4) is 0 Å². The maximum absolute atomic E-state index is 13.7. The van der Waals surface area contributed by atoms with Crippen LogP contribution in [-0.4, -0.2) is 45.4 Å². The van der Waals surface area contributed by atoms with E-state index in [0.717, 1.165) is 23.4 Å². The number of hydrogen-bond acceptors (Lipinski definition) is 8. The summed E-state index contributed by atoms with van der Waals surface area (Å²) in [5, 5.41) is 11.7. The highest BCUT2D eigenvalue weighted by Crippen LogP contribution is 2.43. The summed E-state index contributed by atoms with van der Waals surface area (Å²) in [6.45, 7) is 6.36. The van der Waals surface area contributed by atoms with Crippen LogP contribution >= 0.6 is 11.3 Å². The van der Waals surface area contributed by atoms with Crippen LogP contribution in [0.15, 0.2) is 54.1 Å². The van der Waals surface area contributed by atoms with E-state index < -0.39 is 23.5 Å². The molecular weight excluding hydrogens is 478 g/mol. The molecule has 0 aliphatic carbocycles. The first-order valence-electron chi connectivity index (χ1n) is 11.8. The van der Waals surface area contributed by atoms with Gasteiger partial charge in [-0.25, -0.2) is 4.98 Å². The minimum absolute atomic E-state index is 0.0253. The van der Waals surface area contributed by atoms with E-state index in [9.17, 15) is 14.7 Å². The molecule has 9 heteroatoms.